The number of hydrogen-bond donors (Lipinski definition) is 0. The molecular weight excluding hydrogens is 354 g/mol. The number of carbonyl (C=O) groups is 1. The smallest absolute Gasteiger partial charge is 0.233 e. The van der Waals surface area contributed by atoms with E-state index in [0.717, 1.165) is 43.5 Å². The Bertz CT molecular complexity index is 788. The SMILES string of the molecule is Cc1ccc(OC2CCCN(C(=O)C3(c4ccccc4)CCOCC3)C2)nn1. The Morgan fingerprint density at radius 1 is 1.14 bits per heavy atom. The number of piperidine rings is 1. The van der Waals surface area contributed by atoms with Crippen molar-refractivity contribution >= 4 is 5.91 Å². The second-order valence-electron chi connectivity index (χ2n) is 7.71. The molecule has 28 heavy (non-hydrogen) atoms. The van der Waals surface area contributed by atoms with E-state index in [-0.39, 0.29) is 12.0 Å². The molecule has 0 spiro atoms. The normalized spacial score (nSPS) is 21.9. The second kappa shape index (κ2) is 8.27. The van der Waals surface area contributed by atoms with Crippen molar-refractivity contribution in [2.24, 2.45) is 0 Å². The summed E-state index contributed by atoms with van der Waals surface area (Å²) in [7, 11) is 0. The van der Waals surface area contributed by atoms with Crippen LogP contribution < -0.4 is 4.74 Å². The highest BCUT2D eigenvalue weighted by molar-refractivity contribution is 5.88. The molecule has 148 valence electrons. The molecule has 6 nitrogen and oxygen atoms in total. The van der Waals surface area contributed by atoms with Crippen molar-refractivity contribution < 1.29 is 14.3 Å². The van der Waals surface area contributed by atoms with Crippen molar-refractivity contribution in [1.82, 2.24) is 15.1 Å². The minimum Gasteiger partial charge on any atom is -0.471 e. The fourth-order valence-electron chi connectivity index (χ4n) is 4.24. The lowest BCUT2D eigenvalue weighted by Gasteiger charge is -2.42. The molecule has 0 N–H and O–H groups in total. The number of hydrogen-bond acceptors (Lipinski definition) is 5. The third-order valence-corrected chi connectivity index (χ3v) is 5.81. The van der Waals surface area contributed by atoms with Gasteiger partial charge in [0.15, 0.2) is 0 Å². The molecule has 0 radical (unpaired) electrons. The Morgan fingerprint density at radius 3 is 2.64 bits per heavy atom. The number of nitrogens with zero attached hydrogens (tertiary/aromatic N) is 3. The summed E-state index contributed by atoms with van der Waals surface area (Å²) in [4.78, 5) is 15.7. The highest BCUT2D eigenvalue weighted by Gasteiger charge is 2.45. The molecule has 1 amide bonds. The van der Waals surface area contributed by atoms with Gasteiger partial charge in [-0.25, -0.2) is 0 Å². The molecule has 2 fully saturated rings. The van der Waals surface area contributed by atoms with Gasteiger partial charge in [0.2, 0.25) is 11.8 Å². The topological polar surface area (TPSA) is 64.5 Å². The van der Waals surface area contributed by atoms with Gasteiger partial charge < -0.3 is 14.4 Å². The molecule has 2 saturated heterocycles. The molecule has 2 aromatic rings. The van der Waals surface area contributed by atoms with Crippen molar-refractivity contribution in [3.05, 3.63) is 53.7 Å². The van der Waals surface area contributed by atoms with Gasteiger partial charge in [0.25, 0.3) is 0 Å². The van der Waals surface area contributed by atoms with E-state index in [1.807, 2.05) is 42.2 Å². The van der Waals surface area contributed by atoms with E-state index >= 15 is 0 Å². The molecule has 3 heterocycles. The number of ether oxygens (including phenoxy) is 2. The number of amides is 1. The lowest BCUT2D eigenvalue weighted by Crippen LogP contribution is -2.54. The minimum absolute atomic E-state index is 0.0534. The predicted molar refractivity (Wildman–Crippen MR) is 105 cm³/mol. The molecule has 0 aliphatic carbocycles. The molecule has 1 atom stereocenters. The number of rotatable bonds is 4. The second-order valence-corrected chi connectivity index (χ2v) is 7.71. The van der Waals surface area contributed by atoms with E-state index in [2.05, 4.69) is 22.3 Å². The van der Waals surface area contributed by atoms with Gasteiger partial charge in [0, 0.05) is 25.8 Å². The molecule has 6 heteroatoms. The summed E-state index contributed by atoms with van der Waals surface area (Å²) in [5.41, 5.74) is 1.46. The molecule has 0 bridgehead atoms. The fraction of sp³-hybridized carbons (Fsp3) is 0.500. The van der Waals surface area contributed by atoms with Crippen LogP contribution in [0.3, 0.4) is 0 Å². The van der Waals surface area contributed by atoms with Crippen LogP contribution in [0.4, 0.5) is 0 Å². The molecular formula is C22H27N3O3. The standard InChI is InChI=1S/C22H27N3O3/c1-17-9-10-20(24-23-17)28-19-8-5-13-25(16-19)21(26)22(11-14-27-15-12-22)18-6-3-2-4-7-18/h2-4,6-7,9-10,19H,5,8,11-16H2,1H3. The molecule has 2 aliphatic heterocycles. The minimum atomic E-state index is -0.495. The average molecular weight is 381 g/mol. The van der Waals surface area contributed by atoms with Gasteiger partial charge in [-0.05, 0) is 44.2 Å². The summed E-state index contributed by atoms with van der Waals surface area (Å²) in [5, 5.41) is 8.15. The van der Waals surface area contributed by atoms with Gasteiger partial charge in [-0.2, -0.15) is 5.10 Å². The molecule has 1 aromatic heterocycles. The third kappa shape index (κ3) is 3.87. The maximum absolute atomic E-state index is 13.7. The first kappa shape index (κ1) is 18.9. The first-order valence-corrected chi connectivity index (χ1v) is 10.1. The lowest BCUT2D eigenvalue weighted by atomic mass is 9.72. The number of benzene rings is 1. The maximum Gasteiger partial charge on any atom is 0.233 e. The number of likely N-dealkylation sites (tertiary alicyclic amines) is 1. The molecule has 1 aromatic carbocycles. The monoisotopic (exact) mass is 381 g/mol. The van der Waals surface area contributed by atoms with Crippen LogP contribution in [-0.2, 0) is 14.9 Å². The first-order valence-electron chi connectivity index (χ1n) is 10.1. The van der Waals surface area contributed by atoms with Crippen molar-refractivity contribution in [2.45, 2.75) is 44.1 Å². The van der Waals surface area contributed by atoms with E-state index in [1.54, 1.807) is 0 Å². The Labute approximate surface area is 165 Å². The molecule has 0 saturated carbocycles. The molecule has 4 rings (SSSR count). The third-order valence-electron chi connectivity index (χ3n) is 5.81. The van der Waals surface area contributed by atoms with Crippen LogP contribution >= 0.6 is 0 Å². The van der Waals surface area contributed by atoms with Gasteiger partial charge >= 0.3 is 0 Å². The Balaban J connectivity index is 1.51. The number of aryl methyl sites for hydroxylation is 1. The van der Waals surface area contributed by atoms with Crippen LogP contribution in [-0.4, -0.2) is 53.4 Å². The largest absolute Gasteiger partial charge is 0.471 e. The van der Waals surface area contributed by atoms with Crippen LogP contribution in [0.5, 0.6) is 5.88 Å². The number of carbonyl (C=O) groups excluding carboxylic acids is 1. The molecule has 2 aliphatic rings. The van der Waals surface area contributed by atoms with Crippen LogP contribution in [0.25, 0.3) is 0 Å². The van der Waals surface area contributed by atoms with Gasteiger partial charge in [-0.1, -0.05) is 30.3 Å². The lowest BCUT2D eigenvalue weighted by molar-refractivity contribution is -0.144. The first-order chi connectivity index (χ1) is 13.7. The van der Waals surface area contributed by atoms with E-state index in [9.17, 15) is 4.79 Å². The maximum atomic E-state index is 13.7. The number of aromatic nitrogens is 2. The van der Waals surface area contributed by atoms with Gasteiger partial charge in [-0.15, -0.1) is 5.10 Å². The van der Waals surface area contributed by atoms with Gasteiger partial charge in [-0.3, -0.25) is 4.79 Å². The zero-order chi connectivity index (χ0) is 19.4. The van der Waals surface area contributed by atoms with Crippen molar-refractivity contribution in [3.63, 3.8) is 0 Å². The zero-order valence-electron chi connectivity index (χ0n) is 16.3. The van der Waals surface area contributed by atoms with Crippen LogP contribution in [0.1, 0.15) is 36.9 Å². The summed E-state index contributed by atoms with van der Waals surface area (Å²) in [6.07, 6.45) is 3.24. The van der Waals surface area contributed by atoms with Crippen LogP contribution in [0, 0.1) is 6.92 Å². The van der Waals surface area contributed by atoms with E-state index in [4.69, 9.17) is 9.47 Å². The van der Waals surface area contributed by atoms with Crippen molar-refractivity contribution in [2.75, 3.05) is 26.3 Å². The summed E-state index contributed by atoms with van der Waals surface area (Å²) in [6.45, 7) is 4.49. The summed E-state index contributed by atoms with van der Waals surface area (Å²) >= 11 is 0. The highest BCUT2D eigenvalue weighted by Crippen LogP contribution is 2.37. The van der Waals surface area contributed by atoms with E-state index in [1.165, 1.54) is 0 Å². The predicted octanol–water partition coefficient (Wildman–Crippen LogP) is 2.90. The quantitative estimate of drug-likeness (QED) is 0.815. The highest BCUT2D eigenvalue weighted by atomic mass is 16.5. The van der Waals surface area contributed by atoms with E-state index < -0.39 is 5.41 Å². The summed E-state index contributed by atoms with van der Waals surface area (Å²) < 4.78 is 11.6. The zero-order valence-corrected chi connectivity index (χ0v) is 16.3. The Morgan fingerprint density at radius 2 is 1.93 bits per heavy atom. The average Bonchev–Trinajstić information content (AvgIpc) is 2.76. The van der Waals surface area contributed by atoms with Crippen LogP contribution in [0.2, 0.25) is 0 Å². The van der Waals surface area contributed by atoms with E-state index in [0.29, 0.717) is 25.6 Å². The van der Waals surface area contributed by atoms with Crippen LogP contribution in [0.15, 0.2) is 42.5 Å². The van der Waals surface area contributed by atoms with Gasteiger partial charge in [0.05, 0.1) is 17.7 Å². The molecule has 1 unspecified atom stereocenters. The fourth-order valence-corrected chi connectivity index (χ4v) is 4.24. The Kier molecular flexibility index (Phi) is 5.57. The van der Waals surface area contributed by atoms with Crippen molar-refractivity contribution in [1.29, 1.82) is 0 Å². The van der Waals surface area contributed by atoms with Crippen molar-refractivity contribution in [3.8, 4) is 5.88 Å². The van der Waals surface area contributed by atoms with Gasteiger partial charge in [0.1, 0.15) is 6.10 Å². The summed E-state index contributed by atoms with van der Waals surface area (Å²) in [5.74, 6) is 0.721. The Hall–Kier alpha value is -2.47. The summed E-state index contributed by atoms with van der Waals surface area (Å²) in [6, 6.07) is 13.9.